The number of hydrogen-bond acceptors (Lipinski definition) is 4. The number of nitrogen functional groups attached to an aromatic ring is 1. The van der Waals surface area contributed by atoms with Crippen molar-refractivity contribution in [3.63, 3.8) is 0 Å². The molecule has 0 bridgehead atoms. The predicted octanol–water partition coefficient (Wildman–Crippen LogP) is 3.50. The summed E-state index contributed by atoms with van der Waals surface area (Å²) in [5, 5.41) is 4.03. The maximum Gasteiger partial charge on any atom is 0.148 e. The van der Waals surface area contributed by atoms with E-state index in [9.17, 15) is 4.39 Å². The van der Waals surface area contributed by atoms with Crippen molar-refractivity contribution in [2.45, 2.75) is 37.0 Å². The second-order valence-electron chi connectivity index (χ2n) is 4.93. The summed E-state index contributed by atoms with van der Waals surface area (Å²) in [5.41, 5.74) is 6.49. The molecule has 0 atom stereocenters. The highest BCUT2D eigenvalue weighted by Crippen LogP contribution is 2.32. The van der Waals surface area contributed by atoms with E-state index in [0.29, 0.717) is 23.2 Å². The van der Waals surface area contributed by atoms with Gasteiger partial charge in [-0.25, -0.2) is 4.39 Å². The number of thioether (sulfide) groups is 1. The molecule has 0 aliphatic heterocycles. The maximum atomic E-state index is 13.9. The third-order valence-electron chi connectivity index (χ3n) is 3.69. The van der Waals surface area contributed by atoms with Gasteiger partial charge in [0.25, 0.3) is 0 Å². The Morgan fingerprint density at radius 2 is 2.00 bits per heavy atom. The van der Waals surface area contributed by atoms with Crippen LogP contribution in [0.4, 0.5) is 15.8 Å². The first kappa shape index (κ1) is 14.3. The van der Waals surface area contributed by atoms with Crippen LogP contribution in [0.15, 0.2) is 12.1 Å². The van der Waals surface area contributed by atoms with Gasteiger partial charge in [-0.15, -0.1) is 0 Å². The number of anilines is 2. The molecule has 19 heavy (non-hydrogen) atoms. The highest BCUT2D eigenvalue weighted by molar-refractivity contribution is 7.99. The van der Waals surface area contributed by atoms with Crippen molar-refractivity contribution in [3.8, 4) is 5.75 Å². The summed E-state index contributed by atoms with van der Waals surface area (Å²) in [6, 6.07) is 3.30. The van der Waals surface area contributed by atoms with E-state index < -0.39 is 0 Å². The van der Waals surface area contributed by atoms with Gasteiger partial charge in [0.05, 0.1) is 18.5 Å². The Hall–Kier alpha value is -1.10. The minimum absolute atomic E-state index is 0.315. The Labute approximate surface area is 118 Å². The molecule has 0 amide bonds. The van der Waals surface area contributed by atoms with Crippen LogP contribution >= 0.6 is 11.8 Å². The third kappa shape index (κ3) is 3.47. The van der Waals surface area contributed by atoms with Gasteiger partial charge >= 0.3 is 0 Å². The molecule has 0 unspecified atom stereocenters. The van der Waals surface area contributed by atoms with Crippen molar-refractivity contribution in [2.75, 3.05) is 24.4 Å². The average molecular weight is 284 g/mol. The van der Waals surface area contributed by atoms with Gasteiger partial charge < -0.3 is 15.8 Å². The molecule has 0 aromatic heterocycles. The molecule has 1 aromatic rings. The minimum atomic E-state index is -0.315. The lowest BCUT2D eigenvalue weighted by Crippen LogP contribution is -2.27. The molecule has 3 N–H and O–H groups in total. The topological polar surface area (TPSA) is 47.3 Å². The number of methoxy groups -OCH3 is 1. The van der Waals surface area contributed by atoms with Gasteiger partial charge in [0.15, 0.2) is 0 Å². The van der Waals surface area contributed by atoms with Crippen LogP contribution in [0.1, 0.15) is 25.7 Å². The lowest BCUT2D eigenvalue weighted by atomic mass is 9.94. The lowest BCUT2D eigenvalue weighted by molar-refractivity contribution is 0.415. The molecule has 1 saturated carbocycles. The van der Waals surface area contributed by atoms with Crippen molar-refractivity contribution in [1.29, 1.82) is 0 Å². The van der Waals surface area contributed by atoms with Crippen molar-refractivity contribution >= 4 is 23.1 Å². The molecule has 3 nitrogen and oxygen atoms in total. The molecular formula is C14H21FN2OS. The van der Waals surface area contributed by atoms with Crippen LogP contribution in [0.5, 0.6) is 5.75 Å². The Kier molecular flexibility index (Phi) is 4.80. The molecule has 0 saturated heterocycles. The van der Waals surface area contributed by atoms with Crippen LogP contribution in [0, 0.1) is 5.82 Å². The molecule has 1 aromatic carbocycles. The van der Waals surface area contributed by atoms with Crippen LogP contribution in [0.2, 0.25) is 0 Å². The van der Waals surface area contributed by atoms with E-state index in [0.717, 1.165) is 18.1 Å². The van der Waals surface area contributed by atoms with Gasteiger partial charge in [-0.2, -0.15) is 11.8 Å². The first-order chi connectivity index (χ1) is 9.13. The summed E-state index contributed by atoms with van der Waals surface area (Å²) in [4.78, 5) is 0. The second-order valence-corrected chi connectivity index (χ2v) is 6.07. The highest BCUT2D eigenvalue weighted by atomic mass is 32.2. The fraction of sp³-hybridized carbons (Fsp3) is 0.571. The van der Waals surface area contributed by atoms with Gasteiger partial charge in [-0.05, 0) is 31.9 Å². The summed E-state index contributed by atoms with van der Waals surface area (Å²) in [5.74, 6) is 0.201. The largest absolute Gasteiger partial charge is 0.495 e. The summed E-state index contributed by atoms with van der Waals surface area (Å²) in [7, 11) is 1.54. The number of benzene rings is 1. The van der Waals surface area contributed by atoms with Crippen LogP contribution in [0.25, 0.3) is 0 Å². The fourth-order valence-electron chi connectivity index (χ4n) is 2.52. The number of nitrogens with one attached hydrogen (secondary N) is 1. The predicted molar refractivity (Wildman–Crippen MR) is 80.5 cm³/mol. The normalized spacial score (nSPS) is 23.1. The van der Waals surface area contributed by atoms with Crippen LogP contribution in [0.3, 0.4) is 0 Å². The van der Waals surface area contributed by atoms with Crippen LogP contribution in [-0.2, 0) is 0 Å². The van der Waals surface area contributed by atoms with Crippen LogP contribution < -0.4 is 15.8 Å². The first-order valence-electron chi connectivity index (χ1n) is 6.56. The van der Waals surface area contributed by atoms with E-state index in [1.165, 1.54) is 26.0 Å². The van der Waals surface area contributed by atoms with E-state index >= 15 is 0 Å². The monoisotopic (exact) mass is 284 g/mol. The molecule has 5 heteroatoms. The number of nitrogens with two attached hydrogens (primary N) is 1. The molecule has 106 valence electrons. The number of ether oxygens (including phenoxy) is 1. The molecule has 1 fully saturated rings. The van der Waals surface area contributed by atoms with Crippen molar-refractivity contribution < 1.29 is 9.13 Å². The van der Waals surface area contributed by atoms with Crippen molar-refractivity contribution in [1.82, 2.24) is 0 Å². The quantitative estimate of drug-likeness (QED) is 0.831. The molecule has 1 aliphatic carbocycles. The van der Waals surface area contributed by atoms with E-state index in [1.807, 2.05) is 11.8 Å². The summed E-state index contributed by atoms with van der Waals surface area (Å²) in [6.45, 7) is 0. The summed E-state index contributed by atoms with van der Waals surface area (Å²) < 4.78 is 19.0. The van der Waals surface area contributed by atoms with Gasteiger partial charge in [0, 0.05) is 23.4 Å². The van der Waals surface area contributed by atoms with Gasteiger partial charge in [-0.1, -0.05) is 0 Å². The Morgan fingerprint density at radius 3 is 2.58 bits per heavy atom. The first-order valence-corrected chi connectivity index (χ1v) is 7.85. The van der Waals surface area contributed by atoms with E-state index in [-0.39, 0.29) is 5.82 Å². The van der Waals surface area contributed by atoms with E-state index in [1.54, 1.807) is 6.07 Å². The fourth-order valence-corrected chi connectivity index (χ4v) is 3.26. The minimum Gasteiger partial charge on any atom is -0.495 e. The van der Waals surface area contributed by atoms with Crippen LogP contribution in [-0.4, -0.2) is 24.7 Å². The molecule has 0 heterocycles. The molecule has 0 radical (unpaired) electrons. The Bertz CT molecular complexity index is 434. The van der Waals surface area contributed by atoms with Gasteiger partial charge in [-0.3, -0.25) is 0 Å². The molecule has 2 rings (SSSR count). The zero-order chi connectivity index (χ0) is 13.8. The zero-order valence-corrected chi connectivity index (χ0v) is 12.2. The Balaban J connectivity index is 2.03. The number of hydrogen-bond donors (Lipinski definition) is 2. The number of halogens is 1. The molecule has 1 aliphatic rings. The smallest absolute Gasteiger partial charge is 0.148 e. The second kappa shape index (κ2) is 6.37. The summed E-state index contributed by atoms with van der Waals surface area (Å²) >= 11 is 1.93. The van der Waals surface area contributed by atoms with Gasteiger partial charge in [0.2, 0.25) is 0 Å². The molecular weight excluding hydrogens is 263 g/mol. The number of rotatable bonds is 4. The van der Waals surface area contributed by atoms with Crippen molar-refractivity contribution in [3.05, 3.63) is 17.9 Å². The zero-order valence-electron chi connectivity index (χ0n) is 11.4. The Morgan fingerprint density at radius 1 is 1.32 bits per heavy atom. The average Bonchev–Trinajstić information content (AvgIpc) is 2.42. The van der Waals surface area contributed by atoms with Gasteiger partial charge in [0.1, 0.15) is 11.6 Å². The van der Waals surface area contributed by atoms with E-state index in [4.69, 9.17) is 10.5 Å². The third-order valence-corrected chi connectivity index (χ3v) is 4.82. The molecule has 0 spiro atoms. The lowest BCUT2D eigenvalue weighted by Gasteiger charge is -2.29. The maximum absolute atomic E-state index is 13.9. The SMILES string of the molecule is COc1cc(NC2CCC(SC)CC2)c(F)cc1N. The summed E-state index contributed by atoms with van der Waals surface area (Å²) in [6.07, 6.45) is 6.69. The standard InChI is InChI=1S/C14H21FN2OS/c1-18-14-8-13(11(15)7-12(14)16)17-9-3-5-10(19-2)6-4-9/h7-10,17H,3-6,16H2,1-2H3. The van der Waals surface area contributed by atoms with E-state index in [2.05, 4.69) is 11.6 Å². The highest BCUT2D eigenvalue weighted by Gasteiger charge is 2.21. The van der Waals surface area contributed by atoms with Crippen molar-refractivity contribution in [2.24, 2.45) is 0 Å².